The van der Waals surface area contributed by atoms with E-state index in [0.29, 0.717) is 11.6 Å². The molecular formula is C19H18ClN3O2S. The van der Waals surface area contributed by atoms with E-state index in [9.17, 15) is 8.42 Å². The van der Waals surface area contributed by atoms with Crippen LogP contribution in [0.25, 0.3) is 11.0 Å². The molecule has 0 atom stereocenters. The summed E-state index contributed by atoms with van der Waals surface area (Å²) >= 11 is 6.32. The van der Waals surface area contributed by atoms with Gasteiger partial charge in [-0.3, -0.25) is 4.90 Å². The van der Waals surface area contributed by atoms with E-state index in [-0.39, 0.29) is 4.90 Å². The lowest BCUT2D eigenvalue weighted by Gasteiger charge is -2.28. The molecule has 0 saturated heterocycles. The SMILES string of the molecule is CS(=O)(=O)c1ccc(CN2CCc3nc4ncccc4cc3C2)c(Cl)c1. The summed E-state index contributed by atoms with van der Waals surface area (Å²) in [4.78, 5) is 11.6. The van der Waals surface area contributed by atoms with Gasteiger partial charge >= 0.3 is 0 Å². The molecule has 134 valence electrons. The molecule has 0 radical (unpaired) electrons. The highest BCUT2D eigenvalue weighted by Crippen LogP contribution is 2.26. The van der Waals surface area contributed by atoms with Crippen LogP contribution in [0, 0.1) is 0 Å². The first kappa shape index (κ1) is 17.4. The summed E-state index contributed by atoms with van der Waals surface area (Å²) in [6, 6.07) is 11.1. The lowest BCUT2D eigenvalue weighted by atomic mass is 10.0. The summed E-state index contributed by atoms with van der Waals surface area (Å²) in [5.74, 6) is 0. The third kappa shape index (κ3) is 3.45. The average Bonchev–Trinajstić information content (AvgIpc) is 2.60. The number of pyridine rings is 2. The fourth-order valence-electron chi connectivity index (χ4n) is 3.29. The van der Waals surface area contributed by atoms with Gasteiger partial charge in [-0.25, -0.2) is 18.4 Å². The Morgan fingerprint density at radius 1 is 1.23 bits per heavy atom. The second-order valence-electron chi connectivity index (χ2n) is 6.63. The van der Waals surface area contributed by atoms with Crippen molar-refractivity contribution in [1.29, 1.82) is 0 Å². The Morgan fingerprint density at radius 2 is 2.08 bits per heavy atom. The van der Waals surface area contributed by atoms with Crippen LogP contribution < -0.4 is 0 Å². The van der Waals surface area contributed by atoms with Gasteiger partial charge in [0.1, 0.15) is 0 Å². The third-order valence-corrected chi connectivity index (χ3v) is 6.13. The van der Waals surface area contributed by atoms with Crippen LogP contribution in [0.2, 0.25) is 5.02 Å². The minimum atomic E-state index is -3.25. The van der Waals surface area contributed by atoms with Gasteiger partial charge in [-0.1, -0.05) is 17.7 Å². The molecule has 0 unspecified atom stereocenters. The molecule has 3 heterocycles. The number of nitrogens with zero attached hydrogens (tertiary/aromatic N) is 3. The van der Waals surface area contributed by atoms with Crippen LogP contribution in [0.5, 0.6) is 0 Å². The van der Waals surface area contributed by atoms with E-state index in [1.54, 1.807) is 18.3 Å². The largest absolute Gasteiger partial charge is 0.294 e. The van der Waals surface area contributed by atoms with Crippen molar-refractivity contribution in [3.05, 3.63) is 64.4 Å². The van der Waals surface area contributed by atoms with Crippen LogP contribution in [0.4, 0.5) is 0 Å². The van der Waals surface area contributed by atoms with E-state index in [2.05, 4.69) is 20.9 Å². The summed E-state index contributed by atoms with van der Waals surface area (Å²) in [6.45, 7) is 2.34. The zero-order valence-corrected chi connectivity index (χ0v) is 15.9. The van der Waals surface area contributed by atoms with E-state index >= 15 is 0 Å². The van der Waals surface area contributed by atoms with Gasteiger partial charge in [0.25, 0.3) is 0 Å². The fraction of sp³-hybridized carbons (Fsp3) is 0.263. The molecule has 0 amide bonds. The molecule has 0 bridgehead atoms. The van der Waals surface area contributed by atoms with Crippen molar-refractivity contribution in [3.63, 3.8) is 0 Å². The van der Waals surface area contributed by atoms with Crippen molar-refractivity contribution in [3.8, 4) is 0 Å². The van der Waals surface area contributed by atoms with Gasteiger partial charge in [-0.2, -0.15) is 0 Å². The van der Waals surface area contributed by atoms with Gasteiger partial charge in [0.2, 0.25) is 0 Å². The number of hydrogen-bond donors (Lipinski definition) is 0. The van der Waals surface area contributed by atoms with Gasteiger partial charge in [-0.05, 0) is 41.5 Å². The van der Waals surface area contributed by atoms with E-state index in [1.165, 1.54) is 17.9 Å². The van der Waals surface area contributed by atoms with E-state index < -0.39 is 9.84 Å². The molecule has 1 aliphatic heterocycles. The molecule has 26 heavy (non-hydrogen) atoms. The van der Waals surface area contributed by atoms with E-state index in [4.69, 9.17) is 11.6 Å². The first-order chi connectivity index (χ1) is 12.4. The molecule has 2 aromatic heterocycles. The minimum absolute atomic E-state index is 0.249. The minimum Gasteiger partial charge on any atom is -0.294 e. The molecule has 0 aliphatic carbocycles. The number of halogens is 1. The maximum absolute atomic E-state index is 11.6. The van der Waals surface area contributed by atoms with Crippen molar-refractivity contribution in [2.45, 2.75) is 24.4 Å². The van der Waals surface area contributed by atoms with Crippen LogP contribution in [0.15, 0.2) is 47.5 Å². The molecule has 0 fully saturated rings. The molecule has 0 saturated carbocycles. The smallest absolute Gasteiger partial charge is 0.175 e. The molecule has 0 N–H and O–H groups in total. The molecule has 1 aliphatic rings. The molecule has 4 rings (SSSR count). The molecule has 1 aromatic carbocycles. The van der Waals surface area contributed by atoms with Gasteiger partial charge in [-0.15, -0.1) is 0 Å². The maximum Gasteiger partial charge on any atom is 0.175 e. The Hall–Kier alpha value is -2.02. The van der Waals surface area contributed by atoms with Crippen molar-refractivity contribution < 1.29 is 8.42 Å². The Kier molecular flexibility index (Phi) is 4.42. The monoisotopic (exact) mass is 387 g/mol. The van der Waals surface area contributed by atoms with Gasteiger partial charge < -0.3 is 0 Å². The Labute approximate surface area is 157 Å². The first-order valence-electron chi connectivity index (χ1n) is 8.34. The zero-order chi connectivity index (χ0) is 18.3. The number of hydrogen-bond acceptors (Lipinski definition) is 5. The Morgan fingerprint density at radius 3 is 2.85 bits per heavy atom. The van der Waals surface area contributed by atoms with Crippen LogP contribution >= 0.6 is 11.6 Å². The predicted molar refractivity (Wildman–Crippen MR) is 102 cm³/mol. The number of aromatic nitrogens is 2. The van der Waals surface area contributed by atoms with Crippen molar-refractivity contribution in [2.75, 3.05) is 12.8 Å². The number of rotatable bonds is 3. The first-order valence-corrected chi connectivity index (χ1v) is 10.6. The lowest BCUT2D eigenvalue weighted by Crippen LogP contribution is -2.30. The standard InChI is InChI=1S/C19H18ClN3O2S/c1-26(24,25)16-5-4-14(17(20)10-16)11-23-8-6-18-15(12-23)9-13-3-2-7-21-19(13)22-18/h2-5,7,9-10H,6,8,11-12H2,1H3. The van der Waals surface area contributed by atoms with Crippen LogP contribution in [-0.2, 0) is 29.3 Å². The summed E-state index contributed by atoms with van der Waals surface area (Å²) in [5.41, 5.74) is 4.03. The summed E-state index contributed by atoms with van der Waals surface area (Å²) in [6.07, 6.45) is 3.81. The number of sulfone groups is 1. The second-order valence-corrected chi connectivity index (χ2v) is 9.05. The molecule has 3 aromatic rings. The third-order valence-electron chi connectivity index (χ3n) is 4.66. The van der Waals surface area contributed by atoms with E-state index in [1.807, 2.05) is 12.1 Å². The van der Waals surface area contributed by atoms with Crippen LogP contribution in [0.3, 0.4) is 0 Å². The van der Waals surface area contributed by atoms with Crippen molar-refractivity contribution >= 4 is 32.5 Å². The van der Waals surface area contributed by atoms with E-state index in [0.717, 1.165) is 41.8 Å². The Balaban J connectivity index is 1.57. The highest BCUT2D eigenvalue weighted by Gasteiger charge is 2.20. The maximum atomic E-state index is 11.6. The summed E-state index contributed by atoms with van der Waals surface area (Å²) in [7, 11) is -3.25. The Bertz CT molecular complexity index is 1100. The molecule has 0 spiro atoms. The molecule has 7 heteroatoms. The van der Waals surface area contributed by atoms with Gasteiger partial charge in [0, 0.05) is 54.6 Å². The molecular weight excluding hydrogens is 370 g/mol. The summed E-state index contributed by atoms with van der Waals surface area (Å²) in [5, 5.41) is 1.53. The fourth-order valence-corrected chi connectivity index (χ4v) is 4.24. The van der Waals surface area contributed by atoms with Crippen molar-refractivity contribution in [1.82, 2.24) is 14.9 Å². The lowest BCUT2D eigenvalue weighted by molar-refractivity contribution is 0.244. The average molecular weight is 388 g/mol. The van der Waals surface area contributed by atoms with Crippen molar-refractivity contribution in [2.24, 2.45) is 0 Å². The molecule has 5 nitrogen and oxygen atoms in total. The normalized spacial score (nSPS) is 15.2. The highest BCUT2D eigenvalue weighted by molar-refractivity contribution is 7.90. The quantitative estimate of drug-likeness (QED) is 0.690. The predicted octanol–water partition coefficient (Wildman–Crippen LogP) is 3.25. The zero-order valence-electron chi connectivity index (χ0n) is 14.3. The number of fused-ring (bicyclic) bond motifs is 2. The number of benzene rings is 1. The van der Waals surface area contributed by atoms with Gasteiger partial charge in [0.05, 0.1) is 4.90 Å². The topological polar surface area (TPSA) is 63.2 Å². The second kappa shape index (κ2) is 6.61. The van der Waals surface area contributed by atoms with Gasteiger partial charge in [0.15, 0.2) is 15.5 Å². The van der Waals surface area contributed by atoms with Crippen LogP contribution in [0.1, 0.15) is 16.8 Å². The van der Waals surface area contributed by atoms with Crippen LogP contribution in [-0.4, -0.2) is 36.1 Å². The summed E-state index contributed by atoms with van der Waals surface area (Å²) < 4.78 is 23.3. The highest BCUT2D eigenvalue weighted by atomic mass is 35.5.